The molecule has 0 fully saturated rings. The molecule has 0 radical (unpaired) electrons. The van der Waals surface area contributed by atoms with Gasteiger partial charge in [0.15, 0.2) is 5.58 Å². The van der Waals surface area contributed by atoms with Gasteiger partial charge in [-0.2, -0.15) is 4.37 Å². The highest BCUT2D eigenvalue weighted by Crippen LogP contribution is 2.24. The van der Waals surface area contributed by atoms with Crippen molar-refractivity contribution in [3.8, 4) is 0 Å². The van der Waals surface area contributed by atoms with Crippen molar-refractivity contribution in [2.45, 2.75) is 24.3 Å². The summed E-state index contributed by atoms with van der Waals surface area (Å²) in [6.45, 7) is 2.18. The summed E-state index contributed by atoms with van der Waals surface area (Å²) >= 11 is 0.932. The second-order valence-electron chi connectivity index (χ2n) is 7.67. The van der Waals surface area contributed by atoms with Crippen LogP contribution in [0.3, 0.4) is 0 Å². The lowest BCUT2D eigenvalue weighted by Gasteiger charge is -2.09. The summed E-state index contributed by atoms with van der Waals surface area (Å²) < 4.78 is 38.3. The minimum atomic E-state index is -3.88. The zero-order valence-corrected chi connectivity index (χ0v) is 19.2. The van der Waals surface area contributed by atoms with Gasteiger partial charge in [-0.15, -0.1) is 0 Å². The molecule has 0 aliphatic carbocycles. The van der Waals surface area contributed by atoms with Gasteiger partial charge in [0.2, 0.25) is 5.13 Å². The van der Waals surface area contributed by atoms with E-state index in [1.54, 1.807) is 6.07 Å². The number of sulfonamides is 1. The van der Waals surface area contributed by atoms with Crippen LogP contribution in [-0.2, 0) is 16.6 Å². The van der Waals surface area contributed by atoms with Crippen LogP contribution >= 0.6 is 11.5 Å². The third kappa shape index (κ3) is 4.61. The standard InChI is InChI=1S/C22H21N5O4S2/c28-22-27(13-15-3-1-4-17(11-15)16-5-2-9-23-10-8-16)19-7-6-18(12-20(19)31-22)33(29,30)26-21-24-14-25-32-21/h1,3-4,6-8,11-12,14,23H,2,5,9-10,13H2,(H,24,25,26). The summed E-state index contributed by atoms with van der Waals surface area (Å²) in [5.74, 6) is -0.542. The quantitative estimate of drug-likeness (QED) is 0.433. The molecule has 2 aromatic heterocycles. The van der Waals surface area contributed by atoms with Gasteiger partial charge in [-0.05, 0) is 54.3 Å². The Hall–Kier alpha value is -3.28. The number of nitrogens with one attached hydrogen (secondary N) is 2. The molecule has 2 N–H and O–H groups in total. The summed E-state index contributed by atoms with van der Waals surface area (Å²) in [5.41, 5.74) is 4.13. The molecule has 1 aliphatic heterocycles. The van der Waals surface area contributed by atoms with Gasteiger partial charge < -0.3 is 9.73 Å². The first-order valence-electron chi connectivity index (χ1n) is 10.4. The predicted octanol–water partition coefficient (Wildman–Crippen LogP) is 3.06. The minimum Gasteiger partial charge on any atom is -0.408 e. The number of allylic oxidation sites excluding steroid dienone is 1. The highest BCUT2D eigenvalue weighted by atomic mass is 32.2. The smallest absolute Gasteiger partial charge is 0.408 e. The largest absolute Gasteiger partial charge is 0.420 e. The third-order valence-electron chi connectivity index (χ3n) is 5.46. The molecule has 5 rings (SSSR count). The zero-order chi connectivity index (χ0) is 22.8. The fourth-order valence-corrected chi connectivity index (χ4v) is 5.55. The van der Waals surface area contributed by atoms with Crippen molar-refractivity contribution < 1.29 is 12.8 Å². The van der Waals surface area contributed by atoms with Crippen LogP contribution in [0, 0.1) is 0 Å². The number of rotatable bonds is 6. The van der Waals surface area contributed by atoms with Gasteiger partial charge in [-0.3, -0.25) is 9.29 Å². The summed E-state index contributed by atoms with van der Waals surface area (Å²) in [5, 5.41) is 3.53. The van der Waals surface area contributed by atoms with Gasteiger partial charge in [-0.25, -0.2) is 18.2 Å². The molecule has 4 aromatic rings. The summed E-state index contributed by atoms with van der Waals surface area (Å²) in [6, 6.07) is 12.5. The summed E-state index contributed by atoms with van der Waals surface area (Å²) in [4.78, 5) is 16.4. The molecule has 33 heavy (non-hydrogen) atoms. The van der Waals surface area contributed by atoms with E-state index in [0.717, 1.165) is 48.6 Å². The van der Waals surface area contributed by atoms with E-state index in [1.807, 2.05) is 12.1 Å². The first-order chi connectivity index (χ1) is 16.0. The molecule has 9 nitrogen and oxygen atoms in total. The maximum Gasteiger partial charge on any atom is 0.420 e. The number of oxazole rings is 1. The Labute approximate surface area is 194 Å². The maximum atomic E-state index is 12.6. The van der Waals surface area contributed by atoms with Gasteiger partial charge in [-0.1, -0.05) is 24.3 Å². The van der Waals surface area contributed by atoms with Crippen molar-refractivity contribution >= 4 is 43.4 Å². The normalized spacial score (nSPS) is 14.7. The molecule has 11 heteroatoms. The molecule has 0 unspecified atom stereocenters. The second kappa shape index (κ2) is 8.93. The van der Waals surface area contributed by atoms with E-state index in [4.69, 9.17) is 4.42 Å². The summed E-state index contributed by atoms with van der Waals surface area (Å²) in [6.07, 6.45) is 5.57. The monoisotopic (exact) mass is 483 g/mol. The van der Waals surface area contributed by atoms with Crippen molar-refractivity contribution in [3.05, 3.63) is 76.5 Å². The van der Waals surface area contributed by atoms with Crippen LogP contribution in [0.4, 0.5) is 5.13 Å². The van der Waals surface area contributed by atoms with Crippen LogP contribution in [-0.4, -0.2) is 35.4 Å². The average molecular weight is 484 g/mol. The van der Waals surface area contributed by atoms with E-state index >= 15 is 0 Å². The van der Waals surface area contributed by atoms with Crippen LogP contribution in [0.15, 0.2) is 69.0 Å². The highest BCUT2D eigenvalue weighted by molar-refractivity contribution is 7.93. The van der Waals surface area contributed by atoms with Crippen LogP contribution in [0.2, 0.25) is 0 Å². The molecule has 2 aromatic carbocycles. The zero-order valence-electron chi connectivity index (χ0n) is 17.5. The Morgan fingerprint density at radius 2 is 2.12 bits per heavy atom. The van der Waals surface area contributed by atoms with E-state index in [1.165, 1.54) is 28.6 Å². The predicted molar refractivity (Wildman–Crippen MR) is 127 cm³/mol. The Morgan fingerprint density at radius 3 is 2.97 bits per heavy atom. The molecule has 3 heterocycles. The molecular formula is C22H21N5O4S2. The van der Waals surface area contributed by atoms with E-state index in [-0.39, 0.29) is 15.6 Å². The van der Waals surface area contributed by atoms with Gasteiger partial charge in [0.1, 0.15) is 6.33 Å². The number of anilines is 1. The number of fused-ring (bicyclic) bond motifs is 1. The molecule has 0 amide bonds. The van der Waals surface area contributed by atoms with Crippen LogP contribution in [0.25, 0.3) is 16.7 Å². The Bertz CT molecular complexity index is 1490. The first-order valence-corrected chi connectivity index (χ1v) is 12.7. The summed E-state index contributed by atoms with van der Waals surface area (Å²) in [7, 11) is -3.88. The van der Waals surface area contributed by atoms with Crippen molar-refractivity contribution in [3.63, 3.8) is 0 Å². The number of aromatic nitrogens is 3. The van der Waals surface area contributed by atoms with E-state index < -0.39 is 15.8 Å². The van der Waals surface area contributed by atoms with Crippen molar-refractivity contribution in [1.29, 1.82) is 0 Å². The minimum absolute atomic E-state index is 0.0259. The lowest BCUT2D eigenvalue weighted by atomic mass is 9.99. The van der Waals surface area contributed by atoms with E-state index in [2.05, 4.69) is 37.6 Å². The number of hydrogen-bond donors (Lipinski definition) is 2. The van der Waals surface area contributed by atoms with E-state index in [9.17, 15) is 13.2 Å². The second-order valence-corrected chi connectivity index (χ2v) is 10.1. The van der Waals surface area contributed by atoms with E-state index in [0.29, 0.717) is 12.1 Å². The van der Waals surface area contributed by atoms with Gasteiger partial charge in [0.25, 0.3) is 10.0 Å². The maximum absolute atomic E-state index is 12.6. The fourth-order valence-electron chi connectivity index (χ4n) is 3.87. The lowest BCUT2D eigenvalue weighted by Crippen LogP contribution is -2.15. The average Bonchev–Trinajstić information content (AvgIpc) is 3.30. The van der Waals surface area contributed by atoms with Crippen molar-refractivity contribution in [2.24, 2.45) is 0 Å². The van der Waals surface area contributed by atoms with Crippen LogP contribution in [0.5, 0.6) is 0 Å². The molecule has 0 bridgehead atoms. The fraction of sp³-hybridized carbons (Fsp3) is 0.227. The number of nitrogens with zero attached hydrogens (tertiary/aromatic N) is 3. The molecular weight excluding hydrogens is 462 g/mol. The Kier molecular flexibility index (Phi) is 5.83. The molecule has 1 aliphatic rings. The number of benzene rings is 2. The Morgan fingerprint density at radius 1 is 1.21 bits per heavy atom. The van der Waals surface area contributed by atoms with Gasteiger partial charge >= 0.3 is 5.76 Å². The lowest BCUT2D eigenvalue weighted by molar-refractivity contribution is 0.517. The topological polar surface area (TPSA) is 119 Å². The van der Waals surface area contributed by atoms with Crippen molar-refractivity contribution in [2.75, 3.05) is 17.8 Å². The molecule has 170 valence electrons. The first kappa shape index (κ1) is 21.6. The van der Waals surface area contributed by atoms with Crippen LogP contribution < -0.4 is 15.8 Å². The highest BCUT2D eigenvalue weighted by Gasteiger charge is 2.19. The number of hydrogen-bond acceptors (Lipinski definition) is 8. The van der Waals surface area contributed by atoms with Gasteiger partial charge in [0, 0.05) is 24.1 Å². The molecule has 0 atom stereocenters. The molecule has 0 saturated heterocycles. The van der Waals surface area contributed by atoms with Crippen LogP contribution in [0.1, 0.15) is 24.0 Å². The Balaban J connectivity index is 1.44. The van der Waals surface area contributed by atoms with Crippen molar-refractivity contribution in [1.82, 2.24) is 19.2 Å². The SMILES string of the molecule is O=c1oc2cc(S(=O)(=O)Nc3ncns3)ccc2n1Cc1cccc(C2=CCNCCC2)c1. The third-order valence-corrected chi connectivity index (χ3v) is 7.51. The molecule has 0 saturated carbocycles. The molecule has 0 spiro atoms. The van der Waals surface area contributed by atoms with Gasteiger partial charge in [0.05, 0.1) is 17.0 Å².